The molecule has 0 radical (unpaired) electrons. The van der Waals surface area contributed by atoms with Crippen molar-refractivity contribution >= 4 is 27.6 Å². The first-order chi connectivity index (χ1) is 14.4. The van der Waals surface area contributed by atoms with Gasteiger partial charge < -0.3 is 11.5 Å². The van der Waals surface area contributed by atoms with Crippen LogP contribution in [0.2, 0.25) is 0 Å². The van der Waals surface area contributed by atoms with Gasteiger partial charge in [0, 0.05) is 12.2 Å². The smallest absolute Gasteiger partial charge is 0.240 e. The number of nitrogens with one attached hydrogen (secondary N) is 1. The molecular weight excluding hydrogens is 400 g/mol. The molecule has 1 aliphatic carbocycles. The van der Waals surface area contributed by atoms with Crippen LogP contribution in [0, 0.1) is 0 Å². The first-order valence-electron chi connectivity index (χ1n) is 10.0. The lowest BCUT2D eigenvalue weighted by atomic mass is 9.87. The van der Waals surface area contributed by atoms with E-state index in [4.69, 9.17) is 11.5 Å². The summed E-state index contributed by atoms with van der Waals surface area (Å²) in [7, 11) is -3.64. The van der Waals surface area contributed by atoms with Crippen LogP contribution in [0.25, 0.3) is 0 Å². The van der Waals surface area contributed by atoms with Crippen LogP contribution in [0.15, 0.2) is 69.5 Å². The molecule has 0 amide bonds. The van der Waals surface area contributed by atoms with Gasteiger partial charge in [-0.25, -0.2) is 18.1 Å². The van der Waals surface area contributed by atoms with Crippen molar-refractivity contribution in [2.45, 2.75) is 49.2 Å². The molecule has 2 aromatic carbocycles. The second-order valence-electron chi connectivity index (χ2n) is 7.62. The molecule has 9 heteroatoms. The molecule has 1 heterocycles. The van der Waals surface area contributed by atoms with E-state index in [-0.39, 0.29) is 23.4 Å². The molecule has 0 unspecified atom stereocenters. The van der Waals surface area contributed by atoms with Crippen molar-refractivity contribution in [3.63, 3.8) is 0 Å². The van der Waals surface area contributed by atoms with E-state index in [1.54, 1.807) is 24.3 Å². The number of hydrogen-bond acceptors (Lipinski definition) is 7. The average Bonchev–Trinajstić information content (AvgIpc) is 2.73. The lowest BCUT2D eigenvalue weighted by molar-refractivity contribution is 0.305. The molecule has 30 heavy (non-hydrogen) atoms. The van der Waals surface area contributed by atoms with Gasteiger partial charge in [0.2, 0.25) is 21.9 Å². The normalized spacial score (nSPS) is 18.7. The third-order valence-corrected chi connectivity index (χ3v) is 6.98. The van der Waals surface area contributed by atoms with Gasteiger partial charge in [0.25, 0.3) is 0 Å². The minimum absolute atomic E-state index is 0.190. The molecule has 2 aliphatic rings. The maximum atomic E-state index is 12.7. The lowest BCUT2D eigenvalue weighted by Crippen LogP contribution is -2.58. The van der Waals surface area contributed by atoms with E-state index < -0.39 is 15.7 Å². The summed E-state index contributed by atoms with van der Waals surface area (Å²) in [4.78, 5) is 10.9. The van der Waals surface area contributed by atoms with Gasteiger partial charge in [0.05, 0.1) is 4.90 Å². The van der Waals surface area contributed by atoms with Crippen LogP contribution in [-0.2, 0) is 16.6 Å². The number of anilines is 1. The largest absolute Gasteiger partial charge is 0.369 e. The van der Waals surface area contributed by atoms with E-state index in [2.05, 4.69) is 14.7 Å². The highest BCUT2D eigenvalue weighted by molar-refractivity contribution is 7.89. The van der Waals surface area contributed by atoms with E-state index in [1.165, 1.54) is 0 Å². The predicted molar refractivity (Wildman–Crippen MR) is 118 cm³/mol. The second-order valence-corrected chi connectivity index (χ2v) is 9.39. The first-order valence-corrected chi connectivity index (χ1v) is 11.5. The number of aliphatic imine (C=N–C) groups is 2. The maximum Gasteiger partial charge on any atom is 0.240 e. The average molecular weight is 427 g/mol. The molecule has 1 saturated carbocycles. The van der Waals surface area contributed by atoms with Crippen molar-refractivity contribution in [3.8, 4) is 0 Å². The summed E-state index contributed by atoms with van der Waals surface area (Å²) in [5.41, 5.74) is 13.2. The van der Waals surface area contributed by atoms with Gasteiger partial charge in [-0.05, 0) is 55.5 Å². The summed E-state index contributed by atoms with van der Waals surface area (Å²) in [5.74, 6) is 0.470. The zero-order valence-electron chi connectivity index (χ0n) is 16.7. The second kappa shape index (κ2) is 8.08. The third-order valence-electron chi connectivity index (χ3n) is 5.57. The summed E-state index contributed by atoms with van der Waals surface area (Å²) < 4.78 is 28.0. The monoisotopic (exact) mass is 426 g/mol. The lowest BCUT2D eigenvalue weighted by Gasteiger charge is -2.45. The molecule has 2 aromatic rings. The minimum Gasteiger partial charge on any atom is -0.369 e. The Morgan fingerprint density at radius 3 is 2.30 bits per heavy atom. The van der Waals surface area contributed by atoms with Gasteiger partial charge in [0.15, 0.2) is 0 Å². The number of rotatable bonds is 5. The molecule has 5 N–H and O–H groups in total. The zero-order chi connectivity index (χ0) is 21.2. The number of nitrogens with zero attached hydrogens (tertiary/aromatic N) is 3. The minimum atomic E-state index is -3.64. The summed E-state index contributed by atoms with van der Waals surface area (Å²) >= 11 is 0. The number of hydrogen-bond donors (Lipinski definition) is 3. The fourth-order valence-electron chi connectivity index (χ4n) is 4.13. The van der Waals surface area contributed by atoms with Gasteiger partial charge in [-0.15, -0.1) is 0 Å². The highest BCUT2D eigenvalue weighted by atomic mass is 32.2. The van der Waals surface area contributed by atoms with E-state index in [0.717, 1.165) is 43.4 Å². The van der Waals surface area contributed by atoms with Gasteiger partial charge in [-0.1, -0.05) is 36.8 Å². The van der Waals surface area contributed by atoms with Crippen molar-refractivity contribution in [3.05, 3.63) is 60.2 Å². The molecule has 0 atom stereocenters. The Hall–Kier alpha value is -2.91. The fraction of sp³-hybridized carbons (Fsp3) is 0.333. The Labute approximate surface area is 176 Å². The van der Waals surface area contributed by atoms with Crippen molar-refractivity contribution in [1.29, 1.82) is 0 Å². The van der Waals surface area contributed by atoms with E-state index in [0.29, 0.717) is 0 Å². The summed E-state index contributed by atoms with van der Waals surface area (Å²) in [5, 5.41) is 0. The van der Waals surface area contributed by atoms with Crippen LogP contribution in [0.5, 0.6) is 0 Å². The third kappa shape index (κ3) is 4.03. The van der Waals surface area contributed by atoms with Gasteiger partial charge in [-0.3, -0.25) is 4.90 Å². The van der Waals surface area contributed by atoms with Crippen LogP contribution >= 0.6 is 0 Å². The fourth-order valence-corrected chi connectivity index (χ4v) is 5.14. The SMILES string of the molecule is NC1=NC2(CCCCC2)N(c2ccc(S(=O)(=O)NCc3ccccc3)cc2)C(N)=N1. The molecule has 0 saturated heterocycles. The molecule has 0 aromatic heterocycles. The molecular formula is C21H26N6O2S. The first kappa shape index (κ1) is 20.4. The summed E-state index contributed by atoms with van der Waals surface area (Å²) in [6.07, 6.45) is 4.84. The van der Waals surface area contributed by atoms with Crippen LogP contribution in [-0.4, -0.2) is 26.0 Å². The molecule has 1 fully saturated rings. The van der Waals surface area contributed by atoms with Gasteiger partial charge in [-0.2, -0.15) is 4.99 Å². The van der Waals surface area contributed by atoms with Crippen LogP contribution < -0.4 is 21.1 Å². The number of sulfonamides is 1. The van der Waals surface area contributed by atoms with Crippen molar-refractivity contribution in [1.82, 2.24) is 4.72 Å². The van der Waals surface area contributed by atoms with Crippen molar-refractivity contribution in [2.24, 2.45) is 21.5 Å². The molecule has 0 bridgehead atoms. The summed E-state index contributed by atoms with van der Waals surface area (Å²) in [6.45, 7) is 0.230. The molecule has 1 aliphatic heterocycles. The van der Waals surface area contributed by atoms with E-state index >= 15 is 0 Å². The van der Waals surface area contributed by atoms with Gasteiger partial charge in [0.1, 0.15) is 5.66 Å². The maximum absolute atomic E-state index is 12.7. The van der Waals surface area contributed by atoms with Crippen molar-refractivity contribution in [2.75, 3.05) is 4.90 Å². The van der Waals surface area contributed by atoms with Crippen LogP contribution in [0.3, 0.4) is 0 Å². The standard InChI is InChI=1S/C21H26N6O2S/c22-19-25-20(23)27(21(26-19)13-5-2-6-14-21)17-9-11-18(12-10-17)30(28,29)24-15-16-7-3-1-4-8-16/h1,3-4,7-12,24H,2,5-6,13-15H2,(H4,22,23,25,26). The Bertz CT molecular complexity index is 1060. The number of benzene rings is 2. The predicted octanol–water partition coefficient (Wildman–Crippen LogP) is 2.27. The van der Waals surface area contributed by atoms with E-state index in [1.807, 2.05) is 35.2 Å². The Balaban J connectivity index is 1.57. The summed E-state index contributed by atoms with van der Waals surface area (Å²) in [6, 6.07) is 16.0. The quantitative estimate of drug-likeness (QED) is 0.676. The highest BCUT2D eigenvalue weighted by Gasteiger charge is 2.42. The van der Waals surface area contributed by atoms with Crippen molar-refractivity contribution < 1.29 is 8.42 Å². The molecule has 1 spiro atoms. The topological polar surface area (TPSA) is 126 Å². The Morgan fingerprint density at radius 1 is 0.967 bits per heavy atom. The van der Waals surface area contributed by atoms with Crippen LogP contribution in [0.1, 0.15) is 37.7 Å². The van der Waals surface area contributed by atoms with E-state index in [9.17, 15) is 8.42 Å². The highest BCUT2D eigenvalue weighted by Crippen LogP contribution is 2.39. The molecule has 4 rings (SSSR count). The Kier molecular flexibility index (Phi) is 5.48. The Morgan fingerprint density at radius 2 is 1.63 bits per heavy atom. The van der Waals surface area contributed by atoms with Crippen LogP contribution in [0.4, 0.5) is 5.69 Å². The zero-order valence-corrected chi connectivity index (χ0v) is 17.5. The molecule has 8 nitrogen and oxygen atoms in total. The number of nitrogens with two attached hydrogens (primary N) is 2. The molecule has 158 valence electrons. The number of guanidine groups is 2. The van der Waals surface area contributed by atoms with Gasteiger partial charge >= 0.3 is 0 Å².